The Morgan fingerprint density at radius 2 is 1.69 bits per heavy atom. The maximum absolute atomic E-state index is 12.0. The van der Waals surface area contributed by atoms with Gasteiger partial charge in [0.15, 0.2) is 5.78 Å². The molecule has 3 heteroatoms. The molecule has 0 amide bonds. The number of carbonyl (C=O) groups is 2. The molecule has 1 aromatic carbocycles. The van der Waals surface area contributed by atoms with Crippen LogP contribution in [0.5, 0.6) is 0 Å². The van der Waals surface area contributed by atoms with Crippen LogP contribution in [0.1, 0.15) is 5.56 Å². The molecule has 0 fully saturated rings. The summed E-state index contributed by atoms with van der Waals surface area (Å²) in [6.45, 7) is 0. The molecule has 0 heterocycles. The summed E-state index contributed by atoms with van der Waals surface area (Å²) >= 11 is 0. The highest BCUT2D eigenvalue weighted by molar-refractivity contribution is 6.35. The van der Waals surface area contributed by atoms with Gasteiger partial charge in [-0.3, -0.25) is 9.59 Å². The Morgan fingerprint density at radius 1 is 1.00 bits per heavy atom. The number of benzene rings is 1. The van der Waals surface area contributed by atoms with E-state index in [0.717, 1.165) is 5.56 Å². The molecule has 0 aromatic heterocycles. The molecule has 16 heavy (non-hydrogen) atoms. The Labute approximate surface area is 93.5 Å². The van der Waals surface area contributed by atoms with Crippen molar-refractivity contribution in [3.8, 4) is 0 Å². The van der Waals surface area contributed by atoms with Crippen molar-refractivity contribution in [3.63, 3.8) is 0 Å². The van der Waals surface area contributed by atoms with Crippen LogP contribution in [0.25, 0.3) is 5.57 Å². The Bertz CT molecular complexity index is 498. The normalized spacial score (nSPS) is 15.6. The van der Waals surface area contributed by atoms with Gasteiger partial charge in [0.25, 0.3) is 0 Å². The molecule has 0 bridgehead atoms. The largest absolute Gasteiger partial charge is 0.385 e. The minimum atomic E-state index is -0.164. The SMILES string of the molecule is CNC1=CC(=O)C=C(c2ccccc2)C1=O. The van der Waals surface area contributed by atoms with E-state index in [9.17, 15) is 9.59 Å². The van der Waals surface area contributed by atoms with Crippen LogP contribution < -0.4 is 5.32 Å². The summed E-state index contributed by atoms with van der Waals surface area (Å²) in [4.78, 5) is 23.4. The molecule has 1 aliphatic rings. The number of hydrogen-bond acceptors (Lipinski definition) is 3. The number of allylic oxidation sites excluding steroid dienone is 3. The van der Waals surface area contributed by atoms with Crippen LogP contribution in [0.3, 0.4) is 0 Å². The number of carbonyl (C=O) groups excluding carboxylic acids is 2. The van der Waals surface area contributed by atoms with Crippen molar-refractivity contribution in [3.05, 3.63) is 53.7 Å². The predicted molar refractivity (Wildman–Crippen MR) is 61.6 cm³/mol. The number of likely N-dealkylation sites (N-methyl/N-ethyl adjacent to an activating group) is 1. The molecular weight excluding hydrogens is 202 g/mol. The first-order valence-corrected chi connectivity index (χ1v) is 4.97. The fourth-order valence-corrected chi connectivity index (χ4v) is 1.62. The smallest absolute Gasteiger partial charge is 0.209 e. The van der Waals surface area contributed by atoms with Gasteiger partial charge in [-0.2, -0.15) is 0 Å². The Balaban J connectivity index is 2.44. The van der Waals surface area contributed by atoms with Gasteiger partial charge >= 0.3 is 0 Å². The fourth-order valence-electron chi connectivity index (χ4n) is 1.62. The number of hydrogen-bond donors (Lipinski definition) is 1. The van der Waals surface area contributed by atoms with E-state index in [2.05, 4.69) is 5.32 Å². The van der Waals surface area contributed by atoms with E-state index in [0.29, 0.717) is 11.3 Å². The lowest BCUT2D eigenvalue weighted by Crippen LogP contribution is -2.22. The maximum atomic E-state index is 12.0. The van der Waals surface area contributed by atoms with E-state index in [-0.39, 0.29) is 11.6 Å². The molecule has 0 radical (unpaired) electrons. The van der Waals surface area contributed by atoms with Gasteiger partial charge < -0.3 is 5.32 Å². The minimum Gasteiger partial charge on any atom is -0.385 e. The van der Waals surface area contributed by atoms with Crippen molar-refractivity contribution in [2.45, 2.75) is 0 Å². The molecule has 1 aliphatic carbocycles. The molecular formula is C13H11NO2. The van der Waals surface area contributed by atoms with E-state index in [4.69, 9.17) is 0 Å². The van der Waals surface area contributed by atoms with Gasteiger partial charge in [0.1, 0.15) is 0 Å². The molecule has 0 saturated carbocycles. The van der Waals surface area contributed by atoms with Crippen molar-refractivity contribution in [1.82, 2.24) is 5.32 Å². The molecule has 0 aliphatic heterocycles. The van der Waals surface area contributed by atoms with Crippen LogP contribution in [-0.4, -0.2) is 18.6 Å². The van der Waals surface area contributed by atoms with Gasteiger partial charge in [-0.05, 0) is 11.6 Å². The van der Waals surface area contributed by atoms with Crippen molar-refractivity contribution in [1.29, 1.82) is 0 Å². The molecule has 0 saturated heterocycles. The first-order chi connectivity index (χ1) is 7.72. The highest BCUT2D eigenvalue weighted by atomic mass is 16.1. The topological polar surface area (TPSA) is 46.2 Å². The van der Waals surface area contributed by atoms with Crippen LogP contribution in [0.4, 0.5) is 0 Å². The first-order valence-electron chi connectivity index (χ1n) is 4.97. The summed E-state index contributed by atoms with van der Waals surface area (Å²) in [7, 11) is 1.63. The third-order valence-electron chi connectivity index (χ3n) is 2.42. The minimum absolute atomic E-state index is 0.145. The summed E-state index contributed by atoms with van der Waals surface area (Å²) in [6.07, 6.45) is 2.69. The second-order valence-corrected chi connectivity index (χ2v) is 3.46. The highest BCUT2D eigenvalue weighted by Crippen LogP contribution is 2.21. The van der Waals surface area contributed by atoms with Gasteiger partial charge in [0.2, 0.25) is 5.78 Å². The van der Waals surface area contributed by atoms with E-state index >= 15 is 0 Å². The second-order valence-electron chi connectivity index (χ2n) is 3.46. The van der Waals surface area contributed by atoms with Crippen LogP contribution in [-0.2, 0) is 9.59 Å². The molecule has 2 rings (SSSR count). The van der Waals surface area contributed by atoms with Gasteiger partial charge in [-0.15, -0.1) is 0 Å². The van der Waals surface area contributed by atoms with Crippen molar-refractivity contribution in [2.75, 3.05) is 7.05 Å². The third-order valence-corrected chi connectivity index (χ3v) is 2.42. The Morgan fingerprint density at radius 3 is 2.31 bits per heavy atom. The predicted octanol–water partition coefficient (Wildman–Crippen LogP) is 1.33. The van der Waals surface area contributed by atoms with E-state index in [1.54, 1.807) is 7.05 Å². The Kier molecular flexibility index (Phi) is 2.68. The van der Waals surface area contributed by atoms with E-state index in [1.165, 1.54) is 12.2 Å². The maximum Gasteiger partial charge on any atom is 0.209 e. The molecule has 0 unspecified atom stereocenters. The lowest BCUT2D eigenvalue weighted by molar-refractivity contribution is -0.114. The standard InChI is InChI=1S/C13H11NO2/c1-14-12-8-10(15)7-11(13(12)16)9-5-3-2-4-6-9/h2-8,14H,1H3. The van der Waals surface area contributed by atoms with Crippen LogP contribution >= 0.6 is 0 Å². The van der Waals surface area contributed by atoms with Gasteiger partial charge in [-0.1, -0.05) is 30.3 Å². The molecule has 1 aromatic rings. The molecule has 0 spiro atoms. The molecule has 1 N–H and O–H groups in total. The Hall–Kier alpha value is -2.16. The van der Waals surface area contributed by atoms with E-state index < -0.39 is 0 Å². The van der Waals surface area contributed by atoms with Crippen LogP contribution in [0.2, 0.25) is 0 Å². The lowest BCUT2D eigenvalue weighted by Gasteiger charge is -2.13. The number of ketones is 2. The van der Waals surface area contributed by atoms with Crippen LogP contribution in [0, 0.1) is 0 Å². The molecule has 80 valence electrons. The van der Waals surface area contributed by atoms with Crippen molar-refractivity contribution in [2.24, 2.45) is 0 Å². The van der Waals surface area contributed by atoms with Crippen molar-refractivity contribution < 1.29 is 9.59 Å². The second kappa shape index (κ2) is 4.14. The summed E-state index contributed by atoms with van der Waals surface area (Å²) in [5.74, 6) is -0.309. The zero-order chi connectivity index (χ0) is 11.5. The summed E-state index contributed by atoms with van der Waals surface area (Å²) in [5, 5.41) is 2.73. The van der Waals surface area contributed by atoms with Gasteiger partial charge in [0, 0.05) is 18.7 Å². The average molecular weight is 213 g/mol. The van der Waals surface area contributed by atoms with Crippen LogP contribution in [0.15, 0.2) is 48.2 Å². The lowest BCUT2D eigenvalue weighted by atomic mass is 9.94. The van der Waals surface area contributed by atoms with E-state index in [1.807, 2.05) is 30.3 Å². The summed E-state index contributed by atoms with van der Waals surface area (Å²) in [5.41, 5.74) is 1.55. The van der Waals surface area contributed by atoms with Gasteiger partial charge in [0.05, 0.1) is 5.70 Å². The van der Waals surface area contributed by atoms with Crippen molar-refractivity contribution >= 4 is 17.1 Å². The fraction of sp³-hybridized carbons (Fsp3) is 0.0769. The quantitative estimate of drug-likeness (QED) is 0.754. The summed E-state index contributed by atoms with van der Waals surface area (Å²) in [6, 6.07) is 9.18. The number of nitrogens with one attached hydrogen (secondary N) is 1. The average Bonchev–Trinajstić information content (AvgIpc) is 2.33. The number of Topliss-reactive ketones (excluding diaryl/α,β-unsaturated/α-hetero) is 1. The summed E-state index contributed by atoms with van der Waals surface area (Å²) < 4.78 is 0. The monoisotopic (exact) mass is 213 g/mol. The zero-order valence-corrected chi connectivity index (χ0v) is 8.86. The molecule has 0 atom stereocenters. The van der Waals surface area contributed by atoms with Gasteiger partial charge in [-0.25, -0.2) is 0 Å². The number of rotatable bonds is 2. The first kappa shape index (κ1) is 10.4. The third kappa shape index (κ3) is 1.80. The zero-order valence-electron chi connectivity index (χ0n) is 8.86. The highest BCUT2D eigenvalue weighted by Gasteiger charge is 2.21. The molecule has 3 nitrogen and oxygen atoms in total.